The van der Waals surface area contributed by atoms with E-state index >= 15 is 0 Å². The van der Waals surface area contributed by atoms with Crippen LogP contribution in [0.1, 0.15) is 41.5 Å². The molecule has 1 aliphatic rings. The van der Waals surface area contributed by atoms with Crippen molar-refractivity contribution in [1.82, 2.24) is 19.4 Å². The van der Waals surface area contributed by atoms with Crippen molar-refractivity contribution in [3.05, 3.63) is 53.1 Å². The molecule has 1 saturated heterocycles. The number of anilines is 1. The van der Waals surface area contributed by atoms with Crippen molar-refractivity contribution in [2.75, 3.05) is 45.7 Å². The van der Waals surface area contributed by atoms with Crippen molar-refractivity contribution in [3.63, 3.8) is 0 Å². The van der Waals surface area contributed by atoms with Crippen LogP contribution in [0.4, 0.5) is 5.69 Å². The van der Waals surface area contributed by atoms with Gasteiger partial charge >= 0.3 is 0 Å². The molecule has 1 N–H and O–H groups in total. The molecule has 0 amide bonds. The molecule has 3 heterocycles. The zero-order chi connectivity index (χ0) is 21.8. The van der Waals surface area contributed by atoms with Gasteiger partial charge in [0.15, 0.2) is 0 Å². The fraction of sp³-hybridized carbons (Fsp3) is 0.440. The lowest BCUT2D eigenvalue weighted by atomic mass is 10.0. The minimum absolute atomic E-state index is 0.600. The van der Waals surface area contributed by atoms with E-state index in [2.05, 4.69) is 58.9 Å². The van der Waals surface area contributed by atoms with Crippen molar-refractivity contribution in [1.29, 1.82) is 0 Å². The summed E-state index contributed by atoms with van der Waals surface area (Å²) in [6, 6.07) is 8.96. The Balaban J connectivity index is 1.53. The molecule has 2 aromatic heterocycles. The highest BCUT2D eigenvalue weighted by molar-refractivity contribution is 5.80. The molecule has 1 fully saturated rings. The van der Waals surface area contributed by atoms with E-state index in [9.17, 15) is 0 Å². The highest BCUT2D eigenvalue weighted by Crippen LogP contribution is 2.29. The van der Waals surface area contributed by atoms with Crippen LogP contribution in [0.15, 0.2) is 30.5 Å². The Morgan fingerprint density at radius 2 is 1.94 bits per heavy atom. The third-order valence-electron chi connectivity index (χ3n) is 6.21. The van der Waals surface area contributed by atoms with Crippen molar-refractivity contribution in [2.24, 2.45) is 0 Å². The van der Waals surface area contributed by atoms with Gasteiger partial charge in [-0.2, -0.15) is 0 Å². The summed E-state index contributed by atoms with van der Waals surface area (Å²) in [5.41, 5.74) is 7.61. The first-order valence-corrected chi connectivity index (χ1v) is 11.1. The molecular weight excluding hydrogens is 386 g/mol. The van der Waals surface area contributed by atoms with Crippen molar-refractivity contribution in [3.8, 4) is 0 Å². The Morgan fingerprint density at radius 1 is 1.13 bits per heavy atom. The van der Waals surface area contributed by atoms with Gasteiger partial charge in [0.2, 0.25) is 0 Å². The van der Waals surface area contributed by atoms with E-state index in [1.807, 2.05) is 24.4 Å². The quantitative estimate of drug-likeness (QED) is 0.570. The normalized spacial score (nSPS) is 15.9. The van der Waals surface area contributed by atoms with E-state index in [0.29, 0.717) is 12.6 Å². The zero-order valence-corrected chi connectivity index (χ0v) is 19.1. The molecule has 31 heavy (non-hydrogen) atoms. The number of rotatable bonds is 7. The number of methoxy groups -OCH3 is 1. The van der Waals surface area contributed by atoms with Crippen LogP contribution in [0.25, 0.3) is 23.2 Å². The Labute approximate surface area is 185 Å². The Bertz CT molecular complexity index is 1060. The van der Waals surface area contributed by atoms with Crippen LogP contribution in [0.5, 0.6) is 0 Å². The van der Waals surface area contributed by atoms with Crippen LogP contribution in [0.2, 0.25) is 0 Å². The lowest BCUT2D eigenvalue weighted by Crippen LogP contribution is -2.32. The number of likely N-dealkylation sites (tertiary alicyclic amines) is 1. The first-order chi connectivity index (χ1) is 15.0. The summed E-state index contributed by atoms with van der Waals surface area (Å²) >= 11 is 0. The van der Waals surface area contributed by atoms with E-state index in [1.54, 1.807) is 7.11 Å². The second kappa shape index (κ2) is 9.62. The molecular formula is C25H33N5O. The van der Waals surface area contributed by atoms with Gasteiger partial charge in [0.05, 0.1) is 29.5 Å². The molecule has 6 heteroatoms. The number of hydrogen-bond donors (Lipinski definition) is 1. The van der Waals surface area contributed by atoms with Gasteiger partial charge in [-0.3, -0.25) is 4.98 Å². The van der Waals surface area contributed by atoms with Crippen molar-refractivity contribution < 1.29 is 4.74 Å². The fourth-order valence-electron chi connectivity index (χ4n) is 4.48. The Hall–Kier alpha value is -2.70. The number of hydrogen-bond acceptors (Lipinski definition) is 5. The maximum Gasteiger partial charge on any atom is 0.0914 e. The number of fused-ring (bicyclic) bond motifs is 1. The second-order valence-corrected chi connectivity index (χ2v) is 8.48. The molecule has 0 unspecified atom stereocenters. The number of aryl methyl sites for hydroxylation is 1. The van der Waals surface area contributed by atoms with Crippen LogP contribution in [0.3, 0.4) is 0 Å². The number of piperidine rings is 1. The highest BCUT2D eigenvalue weighted by atomic mass is 16.5. The fourth-order valence-corrected chi connectivity index (χ4v) is 4.48. The summed E-state index contributed by atoms with van der Waals surface area (Å²) < 4.78 is 7.63. The predicted molar refractivity (Wildman–Crippen MR) is 129 cm³/mol. The van der Waals surface area contributed by atoms with E-state index in [1.165, 1.54) is 42.9 Å². The van der Waals surface area contributed by atoms with Crippen LogP contribution < -0.4 is 5.32 Å². The van der Waals surface area contributed by atoms with Crippen molar-refractivity contribution >= 4 is 28.9 Å². The molecule has 4 rings (SSSR count). The molecule has 164 valence electrons. The van der Waals surface area contributed by atoms with E-state index < -0.39 is 0 Å². The first kappa shape index (κ1) is 21.5. The van der Waals surface area contributed by atoms with E-state index in [0.717, 1.165) is 29.0 Å². The molecule has 0 saturated carbocycles. The summed E-state index contributed by atoms with van der Waals surface area (Å²) in [6.07, 6.45) is 8.51. The van der Waals surface area contributed by atoms with Crippen LogP contribution in [-0.2, 0) is 4.74 Å². The average molecular weight is 420 g/mol. The molecule has 0 aliphatic carbocycles. The molecule has 6 nitrogen and oxygen atoms in total. The summed E-state index contributed by atoms with van der Waals surface area (Å²) in [5, 5.41) is 3.35. The number of nitrogens with zero attached hydrogens (tertiary/aromatic N) is 4. The van der Waals surface area contributed by atoms with E-state index in [-0.39, 0.29) is 0 Å². The summed E-state index contributed by atoms with van der Waals surface area (Å²) in [6.45, 7) is 8.22. The van der Waals surface area contributed by atoms with Gasteiger partial charge < -0.3 is 19.5 Å². The number of ether oxygens (including phenoxy) is 1. The van der Waals surface area contributed by atoms with Gasteiger partial charge in [-0.05, 0) is 82.7 Å². The standard InChI is InChI=1S/C25H33N5O/c1-18-15-20(19(2)30(18)23-9-12-29(3)13-10-23)5-6-22-17-27-24-8-7-21(16-25(24)28-22)26-11-14-31-4/h5-8,15-17,23,26H,9-14H2,1-4H3. The lowest BCUT2D eigenvalue weighted by Gasteiger charge is -2.31. The van der Waals surface area contributed by atoms with Gasteiger partial charge in [0.1, 0.15) is 0 Å². The molecule has 1 aliphatic heterocycles. The number of nitrogens with one attached hydrogen (secondary N) is 1. The van der Waals surface area contributed by atoms with Gasteiger partial charge in [-0.15, -0.1) is 0 Å². The first-order valence-electron chi connectivity index (χ1n) is 11.1. The number of benzene rings is 1. The third kappa shape index (κ3) is 4.97. The van der Waals surface area contributed by atoms with Gasteiger partial charge in [0, 0.05) is 36.8 Å². The van der Waals surface area contributed by atoms with E-state index in [4.69, 9.17) is 9.72 Å². The van der Waals surface area contributed by atoms with Crippen LogP contribution in [0, 0.1) is 13.8 Å². The van der Waals surface area contributed by atoms with Crippen molar-refractivity contribution in [2.45, 2.75) is 32.7 Å². The average Bonchev–Trinajstić information content (AvgIpc) is 3.06. The van der Waals surface area contributed by atoms with Gasteiger partial charge in [-0.25, -0.2) is 4.98 Å². The molecule has 0 radical (unpaired) electrons. The predicted octanol–water partition coefficient (Wildman–Crippen LogP) is 4.54. The zero-order valence-electron chi connectivity index (χ0n) is 19.1. The molecule has 0 spiro atoms. The summed E-state index contributed by atoms with van der Waals surface area (Å²) in [5.74, 6) is 0. The van der Waals surface area contributed by atoms with Gasteiger partial charge in [-0.1, -0.05) is 6.08 Å². The van der Waals surface area contributed by atoms with Crippen LogP contribution >= 0.6 is 0 Å². The Morgan fingerprint density at radius 3 is 2.71 bits per heavy atom. The summed E-state index contributed by atoms with van der Waals surface area (Å²) in [4.78, 5) is 11.8. The second-order valence-electron chi connectivity index (χ2n) is 8.48. The lowest BCUT2D eigenvalue weighted by molar-refractivity contribution is 0.211. The molecule has 3 aromatic rings. The minimum atomic E-state index is 0.600. The third-order valence-corrected chi connectivity index (χ3v) is 6.21. The molecule has 1 aromatic carbocycles. The topological polar surface area (TPSA) is 55.2 Å². The smallest absolute Gasteiger partial charge is 0.0914 e. The maximum atomic E-state index is 5.10. The largest absolute Gasteiger partial charge is 0.383 e. The maximum absolute atomic E-state index is 5.10. The number of aromatic nitrogens is 3. The Kier molecular flexibility index (Phi) is 6.68. The SMILES string of the molecule is COCCNc1ccc2ncc(C=Cc3cc(C)n(C4CCN(C)CC4)c3C)nc2c1. The van der Waals surface area contributed by atoms with Gasteiger partial charge in [0.25, 0.3) is 0 Å². The molecule has 0 atom stereocenters. The monoisotopic (exact) mass is 419 g/mol. The molecule has 0 bridgehead atoms. The summed E-state index contributed by atoms with van der Waals surface area (Å²) in [7, 11) is 3.92. The highest BCUT2D eigenvalue weighted by Gasteiger charge is 2.21. The van der Waals surface area contributed by atoms with Crippen LogP contribution in [-0.4, -0.2) is 59.8 Å². The minimum Gasteiger partial charge on any atom is -0.383 e.